The van der Waals surface area contributed by atoms with Crippen molar-refractivity contribution in [2.75, 3.05) is 26.7 Å². The normalized spacial score (nSPS) is 30.7. The van der Waals surface area contributed by atoms with Crippen LogP contribution in [0, 0.1) is 5.92 Å². The van der Waals surface area contributed by atoms with E-state index in [0.717, 1.165) is 24.9 Å². The average molecular weight is 381 g/mol. The van der Waals surface area contributed by atoms with Gasteiger partial charge < -0.3 is 15.4 Å². The van der Waals surface area contributed by atoms with Crippen molar-refractivity contribution in [2.45, 2.75) is 57.0 Å². The summed E-state index contributed by atoms with van der Waals surface area (Å²) in [5.74, 6) is 0.350. The third-order valence-electron chi connectivity index (χ3n) is 5.90. The van der Waals surface area contributed by atoms with Crippen LogP contribution in [0.5, 0.6) is 0 Å². The fourth-order valence-electron chi connectivity index (χ4n) is 4.24. The SMILES string of the molecule is CC(NC(=O)NC[C@@H]1OCCN(C)[C@H]1c1cnn(C)c1)C1CCC(F)CC1. The van der Waals surface area contributed by atoms with Crippen molar-refractivity contribution in [3.05, 3.63) is 18.0 Å². The maximum atomic E-state index is 13.3. The molecule has 3 atom stereocenters. The smallest absolute Gasteiger partial charge is 0.315 e. The van der Waals surface area contributed by atoms with Gasteiger partial charge in [0.1, 0.15) is 6.17 Å². The van der Waals surface area contributed by atoms with Crippen LogP contribution >= 0.6 is 0 Å². The zero-order valence-corrected chi connectivity index (χ0v) is 16.5. The number of aryl methyl sites for hydroxylation is 1. The van der Waals surface area contributed by atoms with Crippen LogP contribution in [0.2, 0.25) is 0 Å². The summed E-state index contributed by atoms with van der Waals surface area (Å²) in [4.78, 5) is 14.6. The summed E-state index contributed by atoms with van der Waals surface area (Å²) in [5.41, 5.74) is 1.09. The van der Waals surface area contributed by atoms with Crippen LogP contribution in [-0.2, 0) is 11.8 Å². The first-order chi connectivity index (χ1) is 12.9. The number of carbonyl (C=O) groups is 1. The first kappa shape index (κ1) is 20.1. The summed E-state index contributed by atoms with van der Waals surface area (Å²) in [7, 11) is 3.96. The van der Waals surface area contributed by atoms with Crippen molar-refractivity contribution in [1.82, 2.24) is 25.3 Å². The van der Waals surface area contributed by atoms with Gasteiger partial charge in [0.05, 0.1) is 24.9 Å². The molecule has 2 fully saturated rings. The quantitative estimate of drug-likeness (QED) is 0.819. The number of nitrogens with one attached hydrogen (secondary N) is 2. The van der Waals surface area contributed by atoms with Crippen molar-refractivity contribution in [2.24, 2.45) is 13.0 Å². The predicted molar refractivity (Wildman–Crippen MR) is 101 cm³/mol. The minimum absolute atomic E-state index is 0.0431. The molecule has 152 valence electrons. The fraction of sp³-hybridized carbons (Fsp3) is 0.789. The Morgan fingerprint density at radius 1 is 1.37 bits per heavy atom. The number of urea groups is 1. The highest BCUT2D eigenvalue weighted by Crippen LogP contribution is 2.29. The molecule has 1 unspecified atom stereocenters. The molecule has 0 bridgehead atoms. The van der Waals surface area contributed by atoms with Gasteiger partial charge in [-0.1, -0.05) is 0 Å². The molecule has 0 radical (unpaired) electrons. The molecular formula is C19H32FN5O2. The number of halogens is 1. The molecule has 27 heavy (non-hydrogen) atoms. The lowest BCUT2D eigenvalue weighted by Gasteiger charge is -2.38. The van der Waals surface area contributed by atoms with Crippen LogP contribution in [0.4, 0.5) is 9.18 Å². The van der Waals surface area contributed by atoms with Gasteiger partial charge in [0.15, 0.2) is 0 Å². The van der Waals surface area contributed by atoms with E-state index in [1.165, 1.54) is 0 Å². The molecule has 1 saturated carbocycles. The predicted octanol–water partition coefficient (Wildman–Crippen LogP) is 2.01. The molecular weight excluding hydrogens is 349 g/mol. The summed E-state index contributed by atoms with van der Waals surface area (Å²) in [6, 6.07) is -0.0850. The minimum Gasteiger partial charge on any atom is -0.373 e. The lowest BCUT2D eigenvalue weighted by molar-refractivity contribution is -0.0602. The van der Waals surface area contributed by atoms with Gasteiger partial charge >= 0.3 is 6.03 Å². The van der Waals surface area contributed by atoms with Gasteiger partial charge in [-0.2, -0.15) is 5.10 Å². The topological polar surface area (TPSA) is 71.4 Å². The summed E-state index contributed by atoms with van der Waals surface area (Å²) in [6.45, 7) is 3.92. The summed E-state index contributed by atoms with van der Waals surface area (Å²) in [5, 5.41) is 10.2. The molecule has 1 aliphatic heterocycles. The Bertz CT molecular complexity index is 617. The minimum atomic E-state index is -0.674. The highest BCUT2D eigenvalue weighted by Gasteiger charge is 2.33. The number of ether oxygens (including phenoxy) is 1. The first-order valence-electron chi connectivity index (χ1n) is 9.93. The Morgan fingerprint density at radius 3 is 2.78 bits per heavy atom. The summed E-state index contributed by atoms with van der Waals surface area (Å²) >= 11 is 0. The number of amides is 2. The molecule has 0 spiro atoms. The van der Waals surface area contributed by atoms with E-state index in [2.05, 4.69) is 27.7 Å². The highest BCUT2D eigenvalue weighted by atomic mass is 19.1. The van der Waals surface area contributed by atoms with Gasteiger partial charge in [0.25, 0.3) is 0 Å². The summed E-state index contributed by atoms with van der Waals surface area (Å²) < 4.78 is 21.0. The average Bonchev–Trinajstić information content (AvgIpc) is 3.06. The van der Waals surface area contributed by atoms with Gasteiger partial charge in [-0.05, 0) is 45.6 Å². The van der Waals surface area contributed by atoms with E-state index in [1.807, 2.05) is 26.4 Å². The Balaban J connectivity index is 1.50. The lowest BCUT2D eigenvalue weighted by atomic mass is 9.84. The van der Waals surface area contributed by atoms with E-state index in [0.29, 0.717) is 31.9 Å². The molecule has 1 aliphatic carbocycles. The molecule has 2 aliphatic rings. The maximum absolute atomic E-state index is 13.3. The molecule has 0 aromatic carbocycles. The van der Waals surface area contributed by atoms with Gasteiger partial charge in [0, 0.05) is 37.9 Å². The van der Waals surface area contributed by atoms with Gasteiger partial charge in [-0.25, -0.2) is 9.18 Å². The molecule has 8 heteroatoms. The molecule has 3 rings (SSSR count). The van der Waals surface area contributed by atoms with Gasteiger partial charge in [-0.3, -0.25) is 9.58 Å². The molecule has 7 nitrogen and oxygen atoms in total. The van der Waals surface area contributed by atoms with E-state index in [4.69, 9.17) is 4.74 Å². The zero-order valence-electron chi connectivity index (χ0n) is 16.5. The second-order valence-electron chi connectivity index (χ2n) is 7.94. The maximum Gasteiger partial charge on any atom is 0.315 e. The van der Waals surface area contributed by atoms with E-state index in [-0.39, 0.29) is 24.2 Å². The highest BCUT2D eigenvalue weighted by molar-refractivity contribution is 5.74. The number of morpholine rings is 1. The van der Waals surface area contributed by atoms with Crippen LogP contribution in [0.25, 0.3) is 0 Å². The summed E-state index contributed by atoms with van der Waals surface area (Å²) in [6.07, 6.45) is 5.92. The van der Waals surface area contributed by atoms with E-state index < -0.39 is 6.17 Å². The largest absolute Gasteiger partial charge is 0.373 e. The number of nitrogens with zero attached hydrogens (tertiary/aromatic N) is 3. The zero-order chi connectivity index (χ0) is 19.4. The number of hydrogen-bond acceptors (Lipinski definition) is 4. The number of likely N-dealkylation sites (N-methyl/N-ethyl adjacent to an activating group) is 1. The second kappa shape index (κ2) is 9.01. The van der Waals surface area contributed by atoms with Crippen LogP contribution in [0.15, 0.2) is 12.4 Å². The first-order valence-corrected chi connectivity index (χ1v) is 9.93. The van der Waals surface area contributed by atoms with Crippen molar-refractivity contribution in [3.63, 3.8) is 0 Å². The second-order valence-corrected chi connectivity index (χ2v) is 7.94. The van der Waals surface area contributed by atoms with Crippen LogP contribution < -0.4 is 10.6 Å². The Kier molecular flexibility index (Phi) is 6.70. The van der Waals surface area contributed by atoms with Crippen LogP contribution in [0.1, 0.15) is 44.2 Å². The Hall–Kier alpha value is -1.67. The third kappa shape index (κ3) is 5.19. The van der Waals surface area contributed by atoms with Crippen molar-refractivity contribution in [1.29, 1.82) is 0 Å². The van der Waals surface area contributed by atoms with Gasteiger partial charge in [0.2, 0.25) is 0 Å². The van der Waals surface area contributed by atoms with Crippen LogP contribution in [0.3, 0.4) is 0 Å². The number of rotatable bonds is 5. The Labute approximate surface area is 160 Å². The standard InChI is InChI=1S/C19H32FN5O2/c1-13(14-4-6-16(20)7-5-14)23-19(26)21-11-17-18(24(2)8-9-27-17)15-10-22-25(3)12-15/h10,12-14,16-18H,4-9,11H2,1-3H3,(H2,21,23,26)/t13?,14?,16?,17-,18-/m0/s1. The molecule has 2 N–H and O–H groups in total. The number of aromatic nitrogens is 2. The van der Waals surface area contributed by atoms with Crippen molar-refractivity contribution in [3.8, 4) is 0 Å². The number of hydrogen-bond donors (Lipinski definition) is 2. The number of alkyl halides is 1. The monoisotopic (exact) mass is 381 g/mol. The molecule has 1 aromatic rings. The van der Waals surface area contributed by atoms with Crippen LogP contribution in [-0.4, -0.2) is 65.8 Å². The number of carbonyl (C=O) groups excluding carboxylic acids is 1. The lowest BCUT2D eigenvalue weighted by Crippen LogP contribution is -2.51. The molecule has 2 heterocycles. The third-order valence-corrected chi connectivity index (χ3v) is 5.90. The van der Waals surface area contributed by atoms with E-state index in [9.17, 15) is 9.18 Å². The van der Waals surface area contributed by atoms with E-state index in [1.54, 1.807) is 4.68 Å². The Morgan fingerprint density at radius 2 is 2.11 bits per heavy atom. The molecule has 2 amide bonds. The molecule has 1 saturated heterocycles. The van der Waals surface area contributed by atoms with Crippen molar-refractivity contribution >= 4 is 6.03 Å². The van der Waals surface area contributed by atoms with Crippen molar-refractivity contribution < 1.29 is 13.9 Å². The fourth-order valence-corrected chi connectivity index (χ4v) is 4.24. The molecule has 1 aromatic heterocycles. The van der Waals surface area contributed by atoms with Gasteiger partial charge in [-0.15, -0.1) is 0 Å². The van der Waals surface area contributed by atoms with E-state index >= 15 is 0 Å².